The Hall–Kier alpha value is -2.87. The van der Waals surface area contributed by atoms with Gasteiger partial charge < -0.3 is 9.67 Å². The van der Waals surface area contributed by atoms with Gasteiger partial charge in [0.15, 0.2) is 5.16 Å². The van der Waals surface area contributed by atoms with Crippen LogP contribution in [-0.4, -0.2) is 36.0 Å². The number of hydrogen-bond acceptors (Lipinski definition) is 4. The van der Waals surface area contributed by atoms with Crippen LogP contribution in [0.3, 0.4) is 0 Å². The highest BCUT2D eigenvalue weighted by molar-refractivity contribution is 7.99. The van der Waals surface area contributed by atoms with Crippen LogP contribution in [0.15, 0.2) is 53.7 Å². The van der Waals surface area contributed by atoms with E-state index in [1.807, 2.05) is 33.2 Å². The molecule has 0 aliphatic rings. The SMILES string of the molecule is O=C(O)CSc1nnc2n(Cc3ccc(F)cc3)c3ccccc3n12. The van der Waals surface area contributed by atoms with E-state index in [1.165, 1.54) is 12.1 Å². The lowest BCUT2D eigenvalue weighted by atomic mass is 10.2. The third-order valence-electron chi connectivity index (χ3n) is 3.85. The third kappa shape index (κ3) is 2.85. The van der Waals surface area contributed by atoms with E-state index in [9.17, 15) is 9.18 Å². The summed E-state index contributed by atoms with van der Waals surface area (Å²) in [5.41, 5.74) is 2.79. The van der Waals surface area contributed by atoms with Crippen molar-refractivity contribution in [1.29, 1.82) is 0 Å². The van der Waals surface area contributed by atoms with E-state index >= 15 is 0 Å². The van der Waals surface area contributed by atoms with Gasteiger partial charge in [0.1, 0.15) is 5.82 Å². The maximum atomic E-state index is 13.1. The summed E-state index contributed by atoms with van der Waals surface area (Å²) in [6.07, 6.45) is 0. The lowest BCUT2D eigenvalue weighted by molar-refractivity contribution is -0.133. The molecule has 0 bridgehead atoms. The summed E-state index contributed by atoms with van der Waals surface area (Å²) < 4.78 is 17.0. The molecular weight excluding hydrogens is 343 g/mol. The monoisotopic (exact) mass is 356 g/mol. The predicted octanol–water partition coefficient (Wildman–Crippen LogP) is 3.05. The van der Waals surface area contributed by atoms with Gasteiger partial charge in [-0.1, -0.05) is 36.0 Å². The summed E-state index contributed by atoms with van der Waals surface area (Å²) in [7, 11) is 0. The second-order valence-electron chi connectivity index (χ2n) is 5.50. The Kier molecular flexibility index (Phi) is 3.89. The molecule has 2 aromatic heterocycles. The van der Waals surface area contributed by atoms with Crippen LogP contribution in [-0.2, 0) is 11.3 Å². The lowest BCUT2D eigenvalue weighted by Gasteiger charge is -2.05. The standard InChI is InChI=1S/C17H13FN4O2S/c18-12-7-5-11(6-8-12)9-21-13-3-1-2-4-14(13)22-16(21)19-20-17(22)25-10-15(23)24/h1-8H,9-10H2,(H,23,24). The predicted molar refractivity (Wildman–Crippen MR) is 92.3 cm³/mol. The number of benzene rings is 2. The Balaban J connectivity index is 1.84. The first kappa shape index (κ1) is 15.6. The Morgan fingerprint density at radius 3 is 2.52 bits per heavy atom. The molecule has 0 aliphatic heterocycles. The molecule has 0 atom stereocenters. The number of rotatable bonds is 5. The highest BCUT2D eigenvalue weighted by Gasteiger charge is 2.17. The van der Waals surface area contributed by atoms with Gasteiger partial charge in [0.05, 0.1) is 23.3 Å². The van der Waals surface area contributed by atoms with E-state index in [0.717, 1.165) is 28.4 Å². The van der Waals surface area contributed by atoms with Gasteiger partial charge in [0.25, 0.3) is 0 Å². The molecule has 0 fully saturated rings. The number of carboxylic acid groups (broad SMARTS) is 1. The minimum Gasteiger partial charge on any atom is -0.481 e. The lowest BCUT2D eigenvalue weighted by Crippen LogP contribution is -2.00. The molecule has 25 heavy (non-hydrogen) atoms. The fourth-order valence-electron chi connectivity index (χ4n) is 2.79. The molecule has 1 N–H and O–H groups in total. The molecule has 0 spiro atoms. The third-order valence-corrected chi connectivity index (χ3v) is 4.76. The van der Waals surface area contributed by atoms with E-state index < -0.39 is 5.97 Å². The van der Waals surface area contributed by atoms with E-state index in [-0.39, 0.29) is 11.6 Å². The zero-order chi connectivity index (χ0) is 17.4. The number of aromatic nitrogens is 4. The van der Waals surface area contributed by atoms with Crippen molar-refractivity contribution in [2.24, 2.45) is 0 Å². The molecule has 2 heterocycles. The van der Waals surface area contributed by atoms with Gasteiger partial charge >= 0.3 is 5.97 Å². The molecule has 8 heteroatoms. The molecule has 4 rings (SSSR count). The molecule has 0 unspecified atom stereocenters. The number of para-hydroxylation sites is 2. The minimum absolute atomic E-state index is 0.0851. The van der Waals surface area contributed by atoms with Crippen molar-refractivity contribution >= 4 is 34.5 Å². The van der Waals surface area contributed by atoms with Crippen LogP contribution in [0.5, 0.6) is 0 Å². The van der Waals surface area contributed by atoms with E-state index in [0.29, 0.717) is 17.5 Å². The number of hydrogen-bond donors (Lipinski definition) is 1. The summed E-state index contributed by atoms with van der Waals surface area (Å²) in [6, 6.07) is 14.1. The van der Waals surface area contributed by atoms with Gasteiger partial charge in [-0.3, -0.25) is 9.20 Å². The summed E-state index contributed by atoms with van der Waals surface area (Å²) >= 11 is 1.13. The highest BCUT2D eigenvalue weighted by Crippen LogP contribution is 2.26. The Labute approximate surface area is 145 Å². The van der Waals surface area contributed by atoms with E-state index in [4.69, 9.17) is 5.11 Å². The normalized spacial score (nSPS) is 11.4. The quantitative estimate of drug-likeness (QED) is 0.557. The van der Waals surface area contributed by atoms with Crippen molar-refractivity contribution in [3.63, 3.8) is 0 Å². The number of halogens is 1. The summed E-state index contributed by atoms with van der Waals surface area (Å²) in [5, 5.41) is 17.8. The number of fused-ring (bicyclic) bond motifs is 3. The smallest absolute Gasteiger partial charge is 0.313 e. The number of imidazole rings is 1. The molecular formula is C17H13FN4O2S. The fourth-order valence-corrected chi connectivity index (χ4v) is 3.45. The Morgan fingerprint density at radius 1 is 1.08 bits per heavy atom. The maximum absolute atomic E-state index is 13.1. The van der Waals surface area contributed by atoms with Crippen LogP contribution in [0, 0.1) is 5.82 Å². The minimum atomic E-state index is -0.906. The van der Waals surface area contributed by atoms with Crippen LogP contribution >= 0.6 is 11.8 Å². The first-order valence-corrected chi connectivity index (χ1v) is 8.53. The zero-order valence-electron chi connectivity index (χ0n) is 13.0. The number of aliphatic carboxylic acids is 1. The molecule has 126 valence electrons. The first-order valence-electron chi connectivity index (χ1n) is 7.55. The molecule has 0 aliphatic carbocycles. The van der Waals surface area contributed by atoms with Crippen molar-refractivity contribution in [1.82, 2.24) is 19.2 Å². The van der Waals surface area contributed by atoms with Crippen molar-refractivity contribution in [3.8, 4) is 0 Å². The summed E-state index contributed by atoms with van der Waals surface area (Å²) in [5.74, 6) is -0.644. The second kappa shape index (κ2) is 6.21. The van der Waals surface area contributed by atoms with Gasteiger partial charge in [0, 0.05) is 0 Å². The van der Waals surface area contributed by atoms with Crippen LogP contribution < -0.4 is 0 Å². The van der Waals surface area contributed by atoms with Crippen molar-refractivity contribution in [2.75, 3.05) is 5.75 Å². The average Bonchev–Trinajstić information content (AvgIpc) is 3.15. The molecule has 6 nitrogen and oxygen atoms in total. The highest BCUT2D eigenvalue weighted by atomic mass is 32.2. The van der Waals surface area contributed by atoms with Crippen LogP contribution in [0.25, 0.3) is 16.8 Å². The maximum Gasteiger partial charge on any atom is 0.313 e. The molecule has 0 amide bonds. The molecule has 2 aromatic carbocycles. The van der Waals surface area contributed by atoms with Crippen molar-refractivity contribution in [2.45, 2.75) is 11.7 Å². The zero-order valence-corrected chi connectivity index (χ0v) is 13.8. The van der Waals surface area contributed by atoms with Gasteiger partial charge in [0.2, 0.25) is 5.78 Å². The Morgan fingerprint density at radius 2 is 1.80 bits per heavy atom. The number of carboxylic acids is 1. The van der Waals surface area contributed by atoms with Crippen LogP contribution in [0.2, 0.25) is 0 Å². The number of thioether (sulfide) groups is 1. The molecule has 0 radical (unpaired) electrons. The molecule has 0 saturated heterocycles. The van der Waals surface area contributed by atoms with Crippen LogP contribution in [0.1, 0.15) is 5.56 Å². The molecule has 4 aromatic rings. The second-order valence-corrected chi connectivity index (χ2v) is 6.44. The van der Waals surface area contributed by atoms with Gasteiger partial charge in [-0.15, -0.1) is 10.2 Å². The summed E-state index contributed by atoms with van der Waals surface area (Å²) in [6.45, 7) is 0.513. The molecule has 0 saturated carbocycles. The van der Waals surface area contributed by atoms with E-state index in [1.54, 1.807) is 12.1 Å². The van der Waals surface area contributed by atoms with Crippen LogP contribution in [0.4, 0.5) is 4.39 Å². The van der Waals surface area contributed by atoms with Gasteiger partial charge in [-0.25, -0.2) is 4.39 Å². The fraction of sp³-hybridized carbons (Fsp3) is 0.118. The average molecular weight is 356 g/mol. The Bertz CT molecular complexity index is 1070. The number of nitrogens with zero attached hydrogens (tertiary/aromatic N) is 4. The largest absolute Gasteiger partial charge is 0.481 e. The van der Waals surface area contributed by atoms with Gasteiger partial charge in [-0.2, -0.15) is 0 Å². The van der Waals surface area contributed by atoms with E-state index in [2.05, 4.69) is 10.2 Å². The topological polar surface area (TPSA) is 72.4 Å². The number of carbonyl (C=O) groups is 1. The van der Waals surface area contributed by atoms with Crippen molar-refractivity contribution in [3.05, 3.63) is 59.9 Å². The summed E-state index contributed by atoms with van der Waals surface area (Å²) in [4.78, 5) is 10.9. The van der Waals surface area contributed by atoms with Crippen molar-refractivity contribution < 1.29 is 14.3 Å². The van der Waals surface area contributed by atoms with Gasteiger partial charge in [-0.05, 0) is 29.8 Å². The first-order chi connectivity index (χ1) is 12.1.